The molecular formula is C17H20BrNO. The molecule has 1 N–H and O–H groups in total. The largest absolute Gasteiger partial charge is 0.497 e. The fourth-order valence-electron chi connectivity index (χ4n) is 2.21. The van der Waals surface area contributed by atoms with Crippen molar-refractivity contribution in [3.63, 3.8) is 0 Å². The zero-order valence-corrected chi connectivity index (χ0v) is 13.5. The number of hydrogen-bond donors (Lipinski definition) is 1. The molecule has 0 spiro atoms. The Bertz CT molecular complexity index is 542. The quantitative estimate of drug-likeness (QED) is 0.837. The predicted molar refractivity (Wildman–Crippen MR) is 87.3 cm³/mol. The van der Waals surface area contributed by atoms with Gasteiger partial charge in [-0.3, -0.25) is 0 Å². The molecule has 0 aromatic heterocycles. The van der Waals surface area contributed by atoms with E-state index in [1.165, 1.54) is 11.1 Å². The van der Waals surface area contributed by atoms with Crippen LogP contribution >= 0.6 is 15.9 Å². The van der Waals surface area contributed by atoms with E-state index in [4.69, 9.17) is 4.74 Å². The average Bonchev–Trinajstić information content (AvgIpc) is 2.50. The number of halogens is 1. The molecule has 20 heavy (non-hydrogen) atoms. The summed E-state index contributed by atoms with van der Waals surface area (Å²) in [5.74, 6) is 0.864. The van der Waals surface area contributed by atoms with E-state index in [0.717, 1.165) is 23.2 Å². The van der Waals surface area contributed by atoms with E-state index < -0.39 is 0 Å². The molecule has 106 valence electrons. The lowest BCUT2D eigenvalue weighted by atomic mass is 9.98. The van der Waals surface area contributed by atoms with Crippen LogP contribution in [-0.2, 0) is 0 Å². The smallest absolute Gasteiger partial charge is 0.120 e. The summed E-state index contributed by atoms with van der Waals surface area (Å²) < 4.78 is 6.33. The molecule has 2 rings (SSSR count). The van der Waals surface area contributed by atoms with Gasteiger partial charge in [0, 0.05) is 4.47 Å². The highest BCUT2D eigenvalue weighted by molar-refractivity contribution is 9.10. The second-order valence-electron chi connectivity index (χ2n) is 4.69. The summed E-state index contributed by atoms with van der Waals surface area (Å²) in [7, 11) is 1.69. The van der Waals surface area contributed by atoms with Crippen molar-refractivity contribution < 1.29 is 4.74 Å². The summed E-state index contributed by atoms with van der Waals surface area (Å²) in [5, 5.41) is 3.61. The van der Waals surface area contributed by atoms with Gasteiger partial charge in [0.15, 0.2) is 0 Å². The molecule has 0 bridgehead atoms. The molecule has 1 atom stereocenters. The summed E-state index contributed by atoms with van der Waals surface area (Å²) in [5.41, 5.74) is 2.50. The minimum atomic E-state index is 0.191. The van der Waals surface area contributed by atoms with Crippen molar-refractivity contribution in [3.05, 3.63) is 64.1 Å². The van der Waals surface area contributed by atoms with Crippen LogP contribution in [0.2, 0.25) is 0 Å². The molecule has 0 heterocycles. The van der Waals surface area contributed by atoms with E-state index in [0.29, 0.717) is 0 Å². The van der Waals surface area contributed by atoms with Crippen molar-refractivity contribution in [2.75, 3.05) is 13.7 Å². The van der Waals surface area contributed by atoms with Crippen LogP contribution in [0.25, 0.3) is 0 Å². The Kier molecular flexibility index (Phi) is 5.62. The highest BCUT2D eigenvalue weighted by Crippen LogP contribution is 2.31. The Balaban J connectivity index is 2.36. The lowest BCUT2D eigenvalue weighted by Crippen LogP contribution is -2.23. The lowest BCUT2D eigenvalue weighted by Gasteiger charge is -2.21. The molecule has 0 aliphatic rings. The minimum absolute atomic E-state index is 0.191. The number of benzene rings is 2. The van der Waals surface area contributed by atoms with Crippen LogP contribution in [0.1, 0.15) is 30.5 Å². The molecule has 2 aromatic carbocycles. The highest BCUT2D eigenvalue weighted by Gasteiger charge is 2.16. The Morgan fingerprint density at radius 1 is 1.15 bits per heavy atom. The van der Waals surface area contributed by atoms with Crippen LogP contribution in [0, 0.1) is 0 Å². The number of nitrogens with one attached hydrogen (secondary N) is 1. The Labute approximate surface area is 129 Å². The summed E-state index contributed by atoms with van der Waals surface area (Å²) in [6.07, 6.45) is 1.11. The van der Waals surface area contributed by atoms with Crippen molar-refractivity contribution in [1.82, 2.24) is 5.32 Å². The van der Waals surface area contributed by atoms with E-state index in [1.807, 2.05) is 18.2 Å². The maximum atomic E-state index is 5.27. The summed E-state index contributed by atoms with van der Waals surface area (Å²) in [4.78, 5) is 0. The monoisotopic (exact) mass is 333 g/mol. The molecule has 0 radical (unpaired) electrons. The van der Waals surface area contributed by atoms with Crippen LogP contribution in [-0.4, -0.2) is 13.7 Å². The molecule has 2 aromatic rings. The predicted octanol–water partition coefficient (Wildman–Crippen LogP) is 4.55. The molecule has 1 unspecified atom stereocenters. The van der Waals surface area contributed by atoms with Gasteiger partial charge in [-0.05, 0) is 36.2 Å². The molecule has 0 aliphatic heterocycles. The van der Waals surface area contributed by atoms with Crippen molar-refractivity contribution >= 4 is 15.9 Å². The topological polar surface area (TPSA) is 21.3 Å². The van der Waals surface area contributed by atoms with E-state index in [9.17, 15) is 0 Å². The lowest BCUT2D eigenvalue weighted by molar-refractivity contribution is 0.414. The van der Waals surface area contributed by atoms with Crippen LogP contribution in [0.15, 0.2) is 53.0 Å². The first-order valence-corrected chi connectivity index (χ1v) is 7.67. The summed E-state index contributed by atoms with van der Waals surface area (Å²) in [6, 6.07) is 16.8. The van der Waals surface area contributed by atoms with E-state index >= 15 is 0 Å². The molecule has 3 heteroatoms. The van der Waals surface area contributed by atoms with Gasteiger partial charge in [0.05, 0.1) is 13.2 Å². The van der Waals surface area contributed by atoms with Crippen LogP contribution in [0.5, 0.6) is 5.75 Å². The Morgan fingerprint density at radius 2 is 1.90 bits per heavy atom. The van der Waals surface area contributed by atoms with E-state index in [-0.39, 0.29) is 6.04 Å². The van der Waals surface area contributed by atoms with Gasteiger partial charge in [-0.15, -0.1) is 0 Å². The SMILES string of the molecule is CCCNC(c1ccccc1)c1ccc(OC)cc1Br. The normalized spacial score (nSPS) is 12.2. The summed E-state index contributed by atoms with van der Waals surface area (Å²) in [6.45, 7) is 3.16. The zero-order chi connectivity index (χ0) is 14.4. The average molecular weight is 334 g/mol. The molecule has 0 saturated heterocycles. The third kappa shape index (κ3) is 3.62. The van der Waals surface area contributed by atoms with Crippen LogP contribution < -0.4 is 10.1 Å². The van der Waals surface area contributed by atoms with Crippen molar-refractivity contribution in [1.29, 1.82) is 0 Å². The molecular weight excluding hydrogens is 314 g/mol. The fourth-order valence-corrected chi connectivity index (χ4v) is 2.80. The van der Waals surface area contributed by atoms with Crippen LogP contribution in [0.4, 0.5) is 0 Å². The first-order chi connectivity index (χ1) is 9.76. The molecule has 0 fully saturated rings. The molecule has 0 aliphatic carbocycles. The fraction of sp³-hybridized carbons (Fsp3) is 0.294. The van der Waals surface area contributed by atoms with Crippen molar-refractivity contribution in [2.24, 2.45) is 0 Å². The summed E-state index contributed by atoms with van der Waals surface area (Å²) >= 11 is 3.66. The molecule has 2 nitrogen and oxygen atoms in total. The van der Waals surface area contributed by atoms with Crippen molar-refractivity contribution in [3.8, 4) is 5.75 Å². The van der Waals surface area contributed by atoms with Gasteiger partial charge < -0.3 is 10.1 Å². The third-order valence-corrected chi connectivity index (χ3v) is 3.94. The van der Waals surface area contributed by atoms with Gasteiger partial charge in [0.2, 0.25) is 0 Å². The second-order valence-corrected chi connectivity index (χ2v) is 5.54. The van der Waals surface area contributed by atoms with E-state index in [2.05, 4.69) is 58.5 Å². The number of ether oxygens (including phenoxy) is 1. The van der Waals surface area contributed by atoms with Gasteiger partial charge in [0.25, 0.3) is 0 Å². The van der Waals surface area contributed by atoms with Crippen LogP contribution in [0.3, 0.4) is 0 Å². The second kappa shape index (κ2) is 7.46. The standard InChI is InChI=1S/C17H20BrNO/c1-3-11-19-17(13-7-5-4-6-8-13)15-10-9-14(20-2)12-16(15)18/h4-10,12,17,19H,3,11H2,1-2H3. The molecule has 0 saturated carbocycles. The Hall–Kier alpha value is -1.32. The number of hydrogen-bond acceptors (Lipinski definition) is 2. The van der Waals surface area contributed by atoms with Gasteiger partial charge >= 0.3 is 0 Å². The number of methoxy groups -OCH3 is 1. The highest BCUT2D eigenvalue weighted by atomic mass is 79.9. The first kappa shape index (κ1) is 15.1. The first-order valence-electron chi connectivity index (χ1n) is 6.88. The van der Waals surface area contributed by atoms with Gasteiger partial charge in [-0.1, -0.05) is 59.3 Å². The van der Waals surface area contributed by atoms with Gasteiger partial charge in [-0.2, -0.15) is 0 Å². The minimum Gasteiger partial charge on any atom is -0.497 e. The van der Waals surface area contributed by atoms with Gasteiger partial charge in [-0.25, -0.2) is 0 Å². The maximum Gasteiger partial charge on any atom is 0.120 e. The Morgan fingerprint density at radius 3 is 2.50 bits per heavy atom. The maximum absolute atomic E-state index is 5.27. The molecule has 0 amide bonds. The third-order valence-electron chi connectivity index (χ3n) is 3.25. The van der Waals surface area contributed by atoms with Crippen molar-refractivity contribution in [2.45, 2.75) is 19.4 Å². The zero-order valence-electron chi connectivity index (χ0n) is 11.9. The number of rotatable bonds is 6. The van der Waals surface area contributed by atoms with Gasteiger partial charge in [0.1, 0.15) is 5.75 Å². The van der Waals surface area contributed by atoms with E-state index in [1.54, 1.807) is 7.11 Å².